The first-order valence-electron chi connectivity index (χ1n) is 10.8. The smallest absolute Gasteiger partial charge is 0.356 e. The summed E-state index contributed by atoms with van der Waals surface area (Å²) < 4.78 is 12.6. The summed E-state index contributed by atoms with van der Waals surface area (Å²) in [6, 6.07) is 1.66. The molecule has 2 aromatic heterocycles. The molecule has 0 saturated carbocycles. The Labute approximate surface area is 182 Å². The van der Waals surface area contributed by atoms with Crippen LogP contribution < -0.4 is 10.6 Å². The molecule has 0 aliphatic carbocycles. The van der Waals surface area contributed by atoms with E-state index in [1.807, 2.05) is 26.8 Å². The first-order valence-corrected chi connectivity index (χ1v) is 10.8. The van der Waals surface area contributed by atoms with Gasteiger partial charge in [0.25, 0.3) is 0 Å². The first-order chi connectivity index (χ1) is 14.9. The van der Waals surface area contributed by atoms with Crippen LogP contribution in [0.5, 0.6) is 0 Å². The molecule has 9 nitrogen and oxygen atoms in total. The van der Waals surface area contributed by atoms with E-state index in [0.717, 1.165) is 12.8 Å². The van der Waals surface area contributed by atoms with Crippen LogP contribution in [0, 0.1) is 5.92 Å². The average molecular weight is 433 g/mol. The average Bonchev–Trinajstić information content (AvgIpc) is 3.39. The molecule has 0 radical (unpaired) electrons. The molecule has 170 valence electrons. The highest BCUT2D eigenvalue weighted by Crippen LogP contribution is 2.34. The summed E-state index contributed by atoms with van der Waals surface area (Å²) in [5, 5.41) is 16.1. The molecule has 3 atom stereocenters. The van der Waals surface area contributed by atoms with Crippen molar-refractivity contribution in [3.05, 3.63) is 18.0 Å². The van der Waals surface area contributed by atoms with Gasteiger partial charge in [-0.3, -0.25) is 4.79 Å². The Hall–Kier alpha value is -2.65. The van der Waals surface area contributed by atoms with Crippen LogP contribution in [0.2, 0.25) is 0 Å². The minimum atomic E-state index is -0.548. The third-order valence-electron chi connectivity index (χ3n) is 5.68. The molecule has 0 aromatic carbocycles. The Kier molecular flexibility index (Phi) is 7.50. The molecular weight excluding hydrogens is 400 g/mol. The predicted octanol–water partition coefficient (Wildman–Crippen LogP) is 2.78. The van der Waals surface area contributed by atoms with Crippen LogP contribution in [0.1, 0.15) is 50.5 Å². The Morgan fingerprint density at radius 1 is 1.42 bits per heavy atom. The number of amides is 1. The van der Waals surface area contributed by atoms with Crippen LogP contribution in [-0.2, 0) is 20.8 Å². The lowest BCUT2D eigenvalue weighted by atomic mass is 10.1. The molecule has 3 N–H and O–H groups in total. The summed E-state index contributed by atoms with van der Waals surface area (Å²) in [7, 11) is 1.32. The fourth-order valence-corrected chi connectivity index (χ4v) is 3.67. The number of anilines is 2. The minimum Gasteiger partial charge on any atom is -0.464 e. The molecule has 1 amide bonds. The number of nitrogens with zero attached hydrogens (tertiary/aromatic N) is 2. The lowest BCUT2D eigenvalue weighted by Crippen LogP contribution is -2.23. The number of carbonyl (C=O) groups is 2. The zero-order valence-electron chi connectivity index (χ0n) is 18.6. The van der Waals surface area contributed by atoms with Gasteiger partial charge in [-0.05, 0) is 32.3 Å². The summed E-state index contributed by atoms with van der Waals surface area (Å²) >= 11 is 0. The number of carbonyl (C=O) groups excluding carboxylic acids is 2. The second kappa shape index (κ2) is 10.1. The summed E-state index contributed by atoms with van der Waals surface area (Å²) in [5.41, 5.74) is 1.89. The predicted molar refractivity (Wildman–Crippen MR) is 118 cm³/mol. The molecule has 1 aliphatic heterocycles. The van der Waals surface area contributed by atoms with Crippen molar-refractivity contribution in [1.29, 1.82) is 0 Å². The second-order valence-electron chi connectivity index (χ2n) is 8.08. The van der Waals surface area contributed by atoms with Crippen LogP contribution >= 0.6 is 0 Å². The molecule has 0 bridgehead atoms. The van der Waals surface area contributed by atoms with Crippen LogP contribution in [-0.4, -0.2) is 59.0 Å². The summed E-state index contributed by atoms with van der Waals surface area (Å²) in [6.45, 7) is 6.71. The second-order valence-corrected chi connectivity index (χ2v) is 8.08. The molecule has 1 fully saturated rings. The quantitative estimate of drug-likeness (QED) is 0.522. The summed E-state index contributed by atoms with van der Waals surface area (Å²) in [5.74, 6) is -0.940. The minimum absolute atomic E-state index is 0.0360. The van der Waals surface area contributed by atoms with Crippen molar-refractivity contribution in [1.82, 2.24) is 9.55 Å². The normalized spacial score (nSPS) is 18.0. The third-order valence-corrected chi connectivity index (χ3v) is 5.68. The number of hydrogen-bond acceptors (Lipinski definition) is 7. The number of rotatable bonds is 9. The highest BCUT2D eigenvalue weighted by atomic mass is 16.5. The van der Waals surface area contributed by atoms with E-state index < -0.39 is 5.97 Å². The Balaban J connectivity index is 2.16. The van der Waals surface area contributed by atoms with Gasteiger partial charge in [-0.25, -0.2) is 9.78 Å². The van der Waals surface area contributed by atoms with Gasteiger partial charge in [0.1, 0.15) is 5.65 Å². The van der Waals surface area contributed by atoms with Gasteiger partial charge < -0.3 is 29.8 Å². The van der Waals surface area contributed by atoms with E-state index in [-0.39, 0.29) is 36.3 Å². The van der Waals surface area contributed by atoms with Gasteiger partial charge in [0.2, 0.25) is 5.91 Å². The topological polar surface area (TPSA) is 115 Å². The third kappa shape index (κ3) is 4.99. The first kappa shape index (κ1) is 23.0. The monoisotopic (exact) mass is 432 g/mol. The molecule has 3 rings (SSSR count). The van der Waals surface area contributed by atoms with Gasteiger partial charge in [-0.2, -0.15) is 0 Å². The van der Waals surface area contributed by atoms with E-state index in [1.54, 1.807) is 10.8 Å². The zero-order chi connectivity index (χ0) is 22.5. The largest absolute Gasteiger partial charge is 0.464 e. The summed E-state index contributed by atoms with van der Waals surface area (Å²) in [6.07, 6.45) is 4.15. The van der Waals surface area contributed by atoms with Gasteiger partial charge in [0.15, 0.2) is 5.69 Å². The molecule has 1 aliphatic rings. The lowest BCUT2D eigenvalue weighted by Gasteiger charge is -2.15. The van der Waals surface area contributed by atoms with E-state index in [4.69, 9.17) is 9.47 Å². The molecule has 31 heavy (non-hydrogen) atoms. The molecule has 0 spiro atoms. The number of fused-ring (bicyclic) bond motifs is 1. The Morgan fingerprint density at radius 3 is 2.81 bits per heavy atom. The Morgan fingerprint density at radius 2 is 2.19 bits per heavy atom. The molecule has 0 unspecified atom stereocenters. The van der Waals surface area contributed by atoms with Gasteiger partial charge >= 0.3 is 5.97 Å². The number of nitrogens with one attached hydrogen (secondary N) is 2. The van der Waals surface area contributed by atoms with E-state index >= 15 is 0 Å². The van der Waals surface area contributed by atoms with Crippen LogP contribution in [0.3, 0.4) is 0 Å². The number of aromatic nitrogens is 2. The van der Waals surface area contributed by atoms with Crippen LogP contribution in [0.25, 0.3) is 11.0 Å². The van der Waals surface area contributed by atoms with Gasteiger partial charge in [0.05, 0.1) is 43.9 Å². The standard InChI is InChI=1S/C22H32N4O5/c1-5-13(2)21(28)25-18-17-9-15(24-14(3)12-27)10-23-20(17)26(19(18)22(29)30-4)11-16-7-6-8-31-16/h9-10,13-14,16,24,27H,5-8,11-12H2,1-4H3,(H,25,28)/t13-,14-,16+/m1/s1. The van der Waals surface area contributed by atoms with E-state index in [0.29, 0.717) is 42.0 Å². The van der Waals surface area contributed by atoms with Gasteiger partial charge in [-0.15, -0.1) is 0 Å². The number of methoxy groups -OCH3 is 1. The van der Waals surface area contributed by atoms with Crippen molar-refractivity contribution < 1.29 is 24.2 Å². The molecule has 3 heterocycles. The van der Waals surface area contributed by atoms with Gasteiger partial charge in [-0.1, -0.05) is 13.8 Å². The highest BCUT2D eigenvalue weighted by molar-refractivity contribution is 6.11. The van der Waals surface area contributed by atoms with E-state index in [1.165, 1.54) is 7.11 Å². The van der Waals surface area contributed by atoms with E-state index in [9.17, 15) is 14.7 Å². The van der Waals surface area contributed by atoms with Crippen molar-refractivity contribution in [3.63, 3.8) is 0 Å². The number of ether oxygens (including phenoxy) is 2. The van der Waals surface area contributed by atoms with Crippen molar-refractivity contribution in [3.8, 4) is 0 Å². The fourth-order valence-electron chi connectivity index (χ4n) is 3.67. The van der Waals surface area contributed by atoms with Crippen molar-refractivity contribution in [2.75, 3.05) is 31.0 Å². The number of pyridine rings is 1. The maximum Gasteiger partial charge on any atom is 0.356 e. The number of esters is 1. The molecule has 9 heteroatoms. The SMILES string of the molecule is CC[C@@H](C)C(=O)Nc1c(C(=O)OC)n(C[C@@H]2CCCO2)c2ncc(N[C@H](C)CO)cc12. The van der Waals surface area contributed by atoms with Crippen molar-refractivity contribution in [2.45, 2.75) is 58.7 Å². The molecule has 2 aromatic rings. The maximum absolute atomic E-state index is 12.8. The van der Waals surface area contributed by atoms with E-state index in [2.05, 4.69) is 15.6 Å². The maximum atomic E-state index is 12.8. The summed E-state index contributed by atoms with van der Waals surface area (Å²) in [4.78, 5) is 30.1. The Bertz CT molecular complexity index is 936. The highest BCUT2D eigenvalue weighted by Gasteiger charge is 2.29. The van der Waals surface area contributed by atoms with Crippen molar-refractivity contribution >= 4 is 34.3 Å². The molecule has 1 saturated heterocycles. The number of aliphatic hydroxyl groups excluding tert-OH is 1. The molecular formula is C22H32N4O5. The van der Waals surface area contributed by atoms with Gasteiger partial charge in [0, 0.05) is 24.0 Å². The van der Waals surface area contributed by atoms with Crippen molar-refractivity contribution in [2.24, 2.45) is 5.92 Å². The van der Waals surface area contributed by atoms with Crippen LogP contribution in [0.15, 0.2) is 12.3 Å². The number of aliphatic hydroxyl groups is 1. The zero-order valence-corrected chi connectivity index (χ0v) is 18.6. The fraction of sp³-hybridized carbons (Fsp3) is 0.591. The lowest BCUT2D eigenvalue weighted by molar-refractivity contribution is -0.119. The van der Waals surface area contributed by atoms with Crippen LogP contribution in [0.4, 0.5) is 11.4 Å². The number of hydrogen-bond donors (Lipinski definition) is 3.